The molecule has 0 saturated heterocycles. The maximum Gasteiger partial charge on any atom is 0.574 e. The first-order chi connectivity index (χ1) is 8.97. The topological polar surface area (TPSA) is 135 Å². The third-order valence-electron chi connectivity index (χ3n) is 1.83. The summed E-state index contributed by atoms with van der Waals surface area (Å²) >= 11 is 0. The molecule has 0 spiro atoms. The van der Waals surface area contributed by atoms with Crippen LogP contribution in [0, 0.1) is 10.1 Å². The molecule has 0 atom stereocenters. The summed E-state index contributed by atoms with van der Waals surface area (Å²) in [6.45, 7) is 0. The van der Waals surface area contributed by atoms with Gasteiger partial charge in [0.2, 0.25) is 21.7 Å². The summed E-state index contributed by atoms with van der Waals surface area (Å²) in [5.74, 6) is -2.48. The lowest BCUT2D eigenvalue weighted by Crippen LogP contribution is -2.22. The van der Waals surface area contributed by atoms with Gasteiger partial charge in [0.15, 0.2) is 4.90 Å². The fraction of sp³-hybridized carbons (Fsp3) is 0.286. The highest BCUT2D eigenvalue weighted by Gasteiger charge is 2.38. The van der Waals surface area contributed by atoms with Crippen molar-refractivity contribution in [2.75, 3.05) is 7.11 Å². The standard InChI is InChI=1S/C7H6F3N3O6S/c1-18-4-3(13(14)15)2-12-6(19-7(8,9)10)5(4)20(11,16)17/h2H,1H3,(H2,11,16,17). The van der Waals surface area contributed by atoms with Crippen LogP contribution in [0.25, 0.3) is 0 Å². The number of sulfonamides is 1. The lowest BCUT2D eigenvalue weighted by atomic mass is 10.4. The molecule has 0 radical (unpaired) electrons. The van der Waals surface area contributed by atoms with E-state index in [4.69, 9.17) is 5.14 Å². The van der Waals surface area contributed by atoms with Gasteiger partial charge in [-0.25, -0.2) is 18.5 Å². The van der Waals surface area contributed by atoms with E-state index in [-0.39, 0.29) is 0 Å². The van der Waals surface area contributed by atoms with Crippen molar-refractivity contribution in [3.8, 4) is 11.6 Å². The smallest absolute Gasteiger partial charge is 0.489 e. The second-order valence-electron chi connectivity index (χ2n) is 3.16. The molecular formula is C7H6F3N3O6S. The number of nitro groups is 1. The maximum absolute atomic E-state index is 12.1. The summed E-state index contributed by atoms with van der Waals surface area (Å²) in [7, 11) is -4.01. The summed E-state index contributed by atoms with van der Waals surface area (Å²) < 4.78 is 66.8. The Bertz CT molecular complexity index is 644. The van der Waals surface area contributed by atoms with Crippen molar-refractivity contribution in [2.45, 2.75) is 11.3 Å². The summed E-state index contributed by atoms with van der Waals surface area (Å²) in [5.41, 5.74) is -0.981. The number of alkyl halides is 3. The first kappa shape index (κ1) is 15.9. The minimum atomic E-state index is -5.27. The van der Waals surface area contributed by atoms with Crippen molar-refractivity contribution in [3.63, 3.8) is 0 Å². The lowest BCUT2D eigenvalue weighted by Gasteiger charge is -2.13. The third kappa shape index (κ3) is 3.45. The predicted molar refractivity (Wildman–Crippen MR) is 55.5 cm³/mol. The molecule has 1 heterocycles. The Hall–Kier alpha value is -2.15. The van der Waals surface area contributed by atoms with Crippen LogP contribution in [0.1, 0.15) is 0 Å². The van der Waals surface area contributed by atoms with Gasteiger partial charge >= 0.3 is 12.0 Å². The molecule has 0 fully saturated rings. The summed E-state index contributed by atoms with van der Waals surface area (Å²) in [5, 5.41) is 15.3. The number of methoxy groups -OCH3 is 1. The Labute approximate surface area is 109 Å². The molecule has 0 unspecified atom stereocenters. The van der Waals surface area contributed by atoms with Crippen LogP contribution in [0.3, 0.4) is 0 Å². The van der Waals surface area contributed by atoms with Gasteiger partial charge in [-0.1, -0.05) is 0 Å². The van der Waals surface area contributed by atoms with Gasteiger partial charge in [-0.15, -0.1) is 13.2 Å². The van der Waals surface area contributed by atoms with Crippen LogP contribution in [-0.4, -0.2) is 31.8 Å². The van der Waals surface area contributed by atoms with Crippen LogP contribution < -0.4 is 14.6 Å². The van der Waals surface area contributed by atoms with E-state index in [1.807, 2.05) is 0 Å². The van der Waals surface area contributed by atoms with Crippen molar-refractivity contribution < 1.29 is 36.0 Å². The molecule has 112 valence electrons. The van der Waals surface area contributed by atoms with Gasteiger partial charge < -0.3 is 9.47 Å². The number of nitrogens with zero attached hydrogens (tertiary/aromatic N) is 2. The van der Waals surface area contributed by atoms with Gasteiger partial charge in [-0.3, -0.25) is 10.1 Å². The van der Waals surface area contributed by atoms with Gasteiger partial charge in [-0.2, -0.15) is 0 Å². The minimum Gasteiger partial charge on any atom is -0.489 e. The Morgan fingerprint density at radius 1 is 1.45 bits per heavy atom. The molecule has 0 aliphatic rings. The van der Waals surface area contributed by atoms with Crippen LogP contribution in [0.4, 0.5) is 18.9 Å². The second-order valence-corrected chi connectivity index (χ2v) is 4.66. The van der Waals surface area contributed by atoms with E-state index in [0.29, 0.717) is 6.20 Å². The van der Waals surface area contributed by atoms with Crippen LogP contribution in [0.2, 0.25) is 0 Å². The molecule has 0 aromatic carbocycles. The second kappa shape index (κ2) is 5.09. The van der Waals surface area contributed by atoms with E-state index >= 15 is 0 Å². The average molecular weight is 317 g/mol. The lowest BCUT2D eigenvalue weighted by molar-refractivity contribution is -0.386. The predicted octanol–water partition coefficient (Wildman–Crippen LogP) is 0.544. The van der Waals surface area contributed by atoms with Crippen molar-refractivity contribution in [2.24, 2.45) is 5.14 Å². The monoisotopic (exact) mass is 317 g/mol. The zero-order chi connectivity index (χ0) is 15.7. The number of ether oxygens (including phenoxy) is 2. The van der Waals surface area contributed by atoms with E-state index in [1.165, 1.54) is 0 Å². The SMILES string of the molecule is COc1c([N+](=O)[O-])cnc(OC(F)(F)F)c1S(N)(=O)=O. The van der Waals surface area contributed by atoms with Crippen molar-refractivity contribution in [3.05, 3.63) is 16.3 Å². The Morgan fingerprint density at radius 2 is 2.00 bits per heavy atom. The molecule has 13 heteroatoms. The number of primary sulfonamides is 1. The minimum absolute atomic E-state index is 0.356. The van der Waals surface area contributed by atoms with E-state index in [1.54, 1.807) is 0 Å². The van der Waals surface area contributed by atoms with E-state index < -0.39 is 43.5 Å². The normalized spacial score (nSPS) is 12.1. The molecule has 1 aromatic rings. The Kier molecular flexibility index (Phi) is 4.04. The van der Waals surface area contributed by atoms with Crippen LogP contribution in [0.15, 0.2) is 11.1 Å². The van der Waals surface area contributed by atoms with Crippen LogP contribution >= 0.6 is 0 Å². The molecule has 0 bridgehead atoms. The highest BCUT2D eigenvalue weighted by Crippen LogP contribution is 2.39. The van der Waals surface area contributed by atoms with Gasteiger partial charge in [0, 0.05) is 0 Å². The molecule has 0 aliphatic carbocycles. The summed E-state index contributed by atoms with van der Waals surface area (Å²) in [4.78, 5) is 11.1. The summed E-state index contributed by atoms with van der Waals surface area (Å²) in [6.07, 6.45) is -4.91. The number of rotatable bonds is 4. The van der Waals surface area contributed by atoms with E-state index in [9.17, 15) is 31.7 Å². The molecule has 9 nitrogen and oxygen atoms in total. The molecule has 1 aromatic heterocycles. The fourth-order valence-electron chi connectivity index (χ4n) is 1.21. The van der Waals surface area contributed by atoms with E-state index in [0.717, 1.165) is 7.11 Å². The van der Waals surface area contributed by atoms with E-state index in [2.05, 4.69) is 14.5 Å². The highest BCUT2D eigenvalue weighted by atomic mass is 32.2. The van der Waals surface area contributed by atoms with Gasteiger partial charge in [0.25, 0.3) is 0 Å². The van der Waals surface area contributed by atoms with Crippen molar-refractivity contribution >= 4 is 15.7 Å². The Balaban J connectivity index is 3.68. The van der Waals surface area contributed by atoms with Gasteiger partial charge in [0.05, 0.1) is 12.0 Å². The van der Waals surface area contributed by atoms with Crippen molar-refractivity contribution in [1.29, 1.82) is 0 Å². The molecule has 0 saturated carbocycles. The number of halogens is 3. The maximum atomic E-state index is 12.1. The molecule has 1 rings (SSSR count). The molecule has 0 amide bonds. The largest absolute Gasteiger partial charge is 0.574 e. The molecular weight excluding hydrogens is 311 g/mol. The number of hydrogen-bond acceptors (Lipinski definition) is 7. The zero-order valence-electron chi connectivity index (χ0n) is 9.54. The zero-order valence-corrected chi connectivity index (χ0v) is 10.4. The number of aromatic nitrogens is 1. The van der Waals surface area contributed by atoms with Crippen molar-refractivity contribution in [1.82, 2.24) is 4.98 Å². The van der Waals surface area contributed by atoms with Gasteiger partial charge in [-0.05, 0) is 0 Å². The first-order valence-electron chi connectivity index (χ1n) is 4.47. The molecule has 0 aliphatic heterocycles. The molecule has 20 heavy (non-hydrogen) atoms. The average Bonchev–Trinajstić information content (AvgIpc) is 2.23. The van der Waals surface area contributed by atoms with Gasteiger partial charge in [0.1, 0.15) is 6.20 Å². The quantitative estimate of drug-likeness (QED) is 0.632. The number of nitrogens with two attached hydrogens (primary N) is 1. The number of hydrogen-bond donors (Lipinski definition) is 1. The fourth-order valence-corrected chi connectivity index (χ4v) is 2.00. The summed E-state index contributed by atoms with van der Waals surface area (Å²) in [6, 6.07) is 0. The number of pyridine rings is 1. The first-order valence-corrected chi connectivity index (χ1v) is 6.02. The Morgan fingerprint density at radius 3 is 2.35 bits per heavy atom. The van der Waals surface area contributed by atoms with Crippen LogP contribution in [-0.2, 0) is 10.0 Å². The highest BCUT2D eigenvalue weighted by molar-refractivity contribution is 7.89. The third-order valence-corrected chi connectivity index (χ3v) is 2.76. The molecule has 2 N–H and O–H groups in total. The van der Waals surface area contributed by atoms with Crippen LogP contribution in [0.5, 0.6) is 11.6 Å².